The maximum Gasteiger partial charge on any atom is 0.149 e. The van der Waals surface area contributed by atoms with E-state index in [1.54, 1.807) is 0 Å². The van der Waals surface area contributed by atoms with E-state index in [9.17, 15) is 0 Å². The third-order valence-corrected chi connectivity index (χ3v) is 1.75. The second-order valence-electron chi connectivity index (χ2n) is 2.50. The fraction of sp³-hybridized carbons (Fsp3) is 0.125. The zero-order valence-electron chi connectivity index (χ0n) is 6.28. The first-order valence-corrected chi connectivity index (χ1v) is 3.48. The summed E-state index contributed by atoms with van der Waals surface area (Å²) in [6.07, 6.45) is 1.95. The molecule has 0 bridgehead atoms. The van der Waals surface area contributed by atoms with Crippen molar-refractivity contribution in [1.82, 2.24) is 9.38 Å². The summed E-state index contributed by atoms with van der Waals surface area (Å²) in [5, 5.41) is 0. The maximum atomic E-state index is 5.65. The van der Waals surface area contributed by atoms with Crippen LogP contribution in [0.1, 0.15) is 5.82 Å². The molecule has 0 radical (unpaired) electrons. The minimum atomic E-state index is 0.600. The van der Waals surface area contributed by atoms with Crippen molar-refractivity contribution in [2.24, 2.45) is 0 Å². The number of imidazole rings is 1. The Balaban J connectivity index is 2.95. The number of nitrogens with two attached hydrogens (primary N) is 1. The van der Waals surface area contributed by atoms with Gasteiger partial charge in [0.25, 0.3) is 0 Å². The highest BCUT2D eigenvalue weighted by atomic mass is 15.1. The average molecular weight is 147 g/mol. The molecule has 3 nitrogen and oxygen atoms in total. The number of anilines is 1. The molecule has 2 rings (SSSR count). The number of hydrogen-bond acceptors (Lipinski definition) is 2. The maximum absolute atomic E-state index is 5.65. The van der Waals surface area contributed by atoms with Crippen LogP contribution in [0.4, 0.5) is 5.82 Å². The summed E-state index contributed by atoms with van der Waals surface area (Å²) in [7, 11) is 0. The number of pyridine rings is 1. The first-order valence-electron chi connectivity index (χ1n) is 3.48. The minimum absolute atomic E-state index is 0.600. The van der Waals surface area contributed by atoms with Gasteiger partial charge >= 0.3 is 0 Å². The molecule has 0 unspecified atom stereocenters. The number of nitrogen functional groups attached to an aromatic ring is 1. The third-order valence-electron chi connectivity index (χ3n) is 1.75. The smallest absolute Gasteiger partial charge is 0.149 e. The van der Waals surface area contributed by atoms with E-state index in [1.807, 2.05) is 35.7 Å². The molecule has 2 aromatic rings. The molecule has 11 heavy (non-hydrogen) atoms. The second kappa shape index (κ2) is 1.99. The first kappa shape index (κ1) is 6.22. The van der Waals surface area contributed by atoms with Crippen LogP contribution in [0.2, 0.25) is 0 Å². The van der Waals surface area contributed by atoms with Crippen LogP contribution >= 0.6 is 0 Å². The summed E-state index contributed by atoms with van der Waals surface area (Å²) in [6.45, 7) is 1.93. The monoisotopic (exact) mass is 147 g/mol. The highest BCUT2D eigenvalue weighted by Gasteiger charge is 2.01. The highest BCUT2D eigenvalue weighted by molar-refractivity contribution is 5.66. The standard InChI is InChI=1S/C8H9N3/c1-6-10-8(9)7-4-2-3-5-11(6)7/h2-5H,9H2,1H3. The predicted molar refractivity (Wildman–Crippen MR) is 44.3 cm³/mol. The molecule has 0 aromatic carbocycles. The molecule has 2 aromatic heterocycles. The zero-order valence-corrected chi connectivity index (χ0v) is 6.28. The molecular weight excluding hydrogens is 138 g/mol. The van der Waals surface area contributed by atoms with Crippen LogP contribution in [-0.4, -0.2) is 9.38 Å². The van der Waals surface area contributed by atoms with Gasteiger partial charge in [-0.3, -0.25) is 0 Å². The van der Waals surface area contributed by atoms with Crippen molar-refractivity contribution in [3.05, 3.63) is 30.2 Å². The predicted octanol–water partition coefficient (Wildman–Crippen LogP) is 1.22. The van der Waals surface area contributed by atoms with Crippen molar-refractivity contribution in [3.63, 3.8) is 0 Å². The van der Waals surface area contributed by atoms with Crippen molar-refractivity contribution in [3.8, 4) is 0 Å². The van der Waals surface area contributed by atoms with E-state index < -0.39 is 0 Å². The second-order valence-corrected chi connectivity index (χ2v) is 2.50. The molecular formula is C8H9N3. The van der Waals surface area contributed by atoms with Gasteiger partial charge in [0.15, 0.2) is 0 Å². The molecule has 0 saturated heterocycles. The van der Waals surface area contributed by atoms with E-state index in [4.69, 9.17) is 5.73 Å². The van der Waals surface area contributed by atoms with Gasteiger partial charge in [-0.25, -0.2) is 4.98 Å². The summed E-state index contributed by atoms with van der Waals surface area (Å²) in [4.78, 5) is 4.13. The first-order chi connectivity index (χ1) is 5.29. The normalized spacial score (nSPS) is 10.6. The van der Waals surface area contributed by atoms with Crippen LogP contribution in [0.5, 0.6) is 0 Å². The van der Waals surface area contributed by atoms with Crippen LogP contribution in [0.15, 0.2) is 24.4 Å². The topological polar surface area (TPSA) is 43.3 Å². The van der Waals surface area contributed by atoms with Crippen molar-refractivity contribution in [2.45, 2.75) is 6.92 Å². The zero-order chi connectivity index (χ0) is 7.84. The van der Waals surface area contributed by atoms with E-state index in [0.29, 0.717) is 5.82 Å². The number of hydrogen-bond donors (Lipinski definition) is 1. The molecule has 2 N–H and O–H groups in total. The Morgan fingerprint density at radius 1 is 1.45 bits per heavy atom. The van der Waals surface area contributed by atoms with Gasteiger partial charge in [-0.1, -0.05) is 6.07 Å². The quantitative estimate of drug-likeness (QED) is 0.609. The van der Waals surface area contributed by atoms with Gasteiger partial charge in [0.1, 0.15) is 11.6 Å². The van der Waals surface area contributed by atoms with Gasteiger partial charge in [0, 0.05) is 6.20 Å². The van der Waals surface area contributed by atoms with E-state index in [0.717, 1.165) is 11.3 Å². The lowest BCUT2D eigenvalue weighted by Gasteiger charge is -1.92. The average Bonchev–Trinajstić information content (AvgIpc) is 2.30. The van der Waals surface area contributed by atoms with Gasteiger partial charge in [-0.05, 0) is 19.1 Å². The summed E-state index contributed by atoms with van der Waals surface area (Å²) < 4.78 is 1.97. The highest BCUT2D eigenvalue weighted by Crippen LogP contribution is 2.12. The molecule has 2 heterocycles. The van der Waals surface area contributed by atoms with Crippen LogP contribution in [0, 0.1) is 6.92 Å². The molecule has 56 valence electrons. The van der Waals surface area contributed by atoms with E-state index >= 15 is 0 Å². The fourth-order valence-corrected chi connectivity index (χ4v) is 1.22. The fourth-order valence-electron chi connectivity index (χ4n) is 1.22. The summed E-state index contributed by atoms with van der Waals surface area (Å²) >= 11 is 0. The number of aryl methyl sites for hydroxylation is 1. The molecule has 0 aliphatic rings. The Bertz CT molecular complexity index is 353. The Kier molecular flexibility index (Phi) is 1.12. The minimum Gasteiger partial charge on any atom is -0.382 e. The summed E-state index contributed by atoms with van der Waals surface area (Å²) in [5.41, 5.74) is 6.62. The summed E-state index contributed by atoms with van der Waals surface area (Å²) in [5.74, 6) is 1.53. The molecule has 0 fully saturated rings. The van der Waals surface area contributed by atoms with E-state index in [2.05, 4.69) is 4.98 Å². The van der Waals surface area contributed by atoms with Crippen molar-refractivity contribution < 1.29 is 0 Å². The third kappa shape index (κ3) is 0.774. The lowest BCUT2D eigenvalue weighted by Crippen LogP contribution is -1.85. The van der Waals surface area contributed by atoms with Crippen molar-refractivity contribution >= 4 is 11.3 Å². The molecule has 0 atom stereocenters. The number of rotatable bonds is 0. The van der Waals surface area contributed by atoms with Crippen molar-refractivity contribution in [2.75, 3.05) is 5.73 Å². The Labute approximate surface area is 64.5 Å². The molecule has 0 aliphatic carbocycles. The van der Waals surface area contributed by atoms with E-state index in [-0.39, 0.29) is 0 Å². The number of nitrogens with zero attached hydrogens (tertiary/aromatic N) is 2. The molecule has 0 amide bonds. The molecule has 3 heteroatoms. The van der Waals surface area contributed by atoms with Gasteiger partial charge in [0.2, 0.25) is 0 Å². The van der Waals surface area contributed by atoms with Crippen LogP contribution in [-0.2, 0) is 0 Å². The summed E-state index contributed by atoms with van der Waals surface area (Å²) in [6, 6.07) is 5.86. The van der Waals surface area contributed by atoms with Crippen LogP contribution in [0.25, 0.3) is 5.52 Å². The van der Waals surface area contributed by atoms with Crippen molar-refractivity contribution in [1.29, 1.82) is 0 Å². The van der Waals surface area contributed by atoms with Crippen LogP contribution in [0.3, 0.4) is 0 Å². The number of aromatic nitrogens is 2. The lowest BCUT2D eigenvalue weighted by atomic mass is 10.4. The molecule has 0 aliphatic heterocycles. The molecule has 0 spiro atoms. The van der Waals surface area contributed by atoms with E-state index in [1.165, 1.54) is 0 Å². The lowest BCUT2D eigenvalue weighted by molar-refractivity contribution is 1.05. The Morgan fingerprint density at radius 2 is 2.27 bits per heavy atom. The SMILES string of the molecule is Cc1nc(N)c2ccccn12. The van der Waals surface area contributed by atoms with Gasteiger partial charge in [0.05, 0.1) is 5.52 Å². The van der Waals surface area contributed by atoms with Gasteiger partial charge < -0.3 is 10.1 Å². The van der Waals surface area contributed by atoms with Gasteiger partial charge in [-0.15, -0.1) is 0 Å². The Morgan fingerprint density at radius 3 is 3.00 bits per heavy atom. The molecule has 0 saturated carbocycles. The van der Waals surface area contributed by atoms with Gasteiger partial charge in [-0.2, -0.15) is 0 Å². The Hall–Kier alpha value is -1.51. The number of fused-ring (bicyclic) bond motifs is 1. The van der Waals surface area contributed by atoms with Crippen LogP contribution < -0.4 is 5.73 Å². The largest absolute Gasteiger partial charge is 0.382 e.